The first kappa shape index (κ1) is 28.1. The number of fused-ring (bicyclic) bond motifs is 4. The summed E-state index contributed by atoms with van der Waals surface area (Å²) in [5.74, 6) is 0.280. The molecule has 0 radical (unpaired) electrons. The minimum atomic E-state index is 0.252. The molecule has 0 aromatic heterocycles. The molecule has 9 rings (SSSR count). The number of para-hydroxylation sites is 1. The van der Waals surface area contributed by atoms with Gasteiger partial charge in [-0.2, -0.15) is 0 Å². The molecular formula is C46H34N2. The Balaban J connectivity index is 1.14. The Kier molecular flexibility index (Phi) is 6.98. The first-order chi connectivity index (χ1) is 23.8. The fourth-order valence-electron chi connectivity index (χ4n) is 7.41. The van der Waals surface area contributed by atoms with E-state index in [1.807, 2.05) is 0 Å². The van der Waals surface area contributed by atoms with Gasteiger partial charge in [0.15, 0.2) is 0 Å². The van der Waals surface area contributed by atoms with Gasteiger partial charge in [0.05, 0.1) is 6.04 Å². The van der Waals surface area contributed by atoms with Crippen molar-refractivity contribution in [2.24, 2.45) is 0 Å². The Hall–Kier alpha value is -6.12. The number of anilines is 5. The average molecular weight is 615 g/mol. The average Bonchev–Trinajstić information content (AvgIpc) is 3.50. The lowest BCUT2D eigenvalue weighted by atomic mass is 9.91. The standard InChI is InChI=1S/C46H34N2/c1-3-11-33(12-4-1)35-21-25-40(26-22-35)47(41-27-23-36(24-28-41)38-20-19-34-13-7-8-14-37(34)31-38)42-29-30-46-44(32-42)43-17-9-10-18-45(43)48(46)39-15-5-2-6-16-39/h1-32,43,45H. The molecule has 1 aliphatic carbocycles. The maximum Gasteiger partial charge on any atom is 0.0629 e. The molecule has 0 bridgehead atoms. The molecule has 2 unspecified atom stereocenters. The molecule has 1 heterocycles. The molecule has 48 heavy (non-hydrogen) atoms. The molecule has 0 saturated heterocycles. The van der Waals surface area contributed by atoms with Crippen LogP contribution in [0.3, 0.4) is 0 Å². The van der Waals surface area contributed by atoms with E-state index in [0.29, 0.717) is 0 Å². The summed E-state index contributed by atoms with van der Waals surface area (Å²) in [6.07, 6.45) is 9.07. The molecule has 0 amide bonds. The molecule has 7 aromatic carbocycles. The first-order valence-electron chi connectivity index (χ1n) is 16.7. The predicted octanol–water partition coefficient (Wildman–Crippen LogP) is 12.4. The van der Waals surface area contributed by atoms with E-state index in [4.69, 9.17) is 0 Å². The highest BCUT2D eigenvalue weighted by atomic mass is 15.2. The second-order valence-corrected chi connectivity index (χ2v) is 12.6. The Labute approximate surface area is 282 Å². The largest absolute Gasteiger partial charge is 0.333 e. The molecule has 228 valence electrons. The van der Waals surface area contributed by atoms with E-state index < -0.39 is 0 Å². The van der Waals surface area contributed by atoms with Gasteiger partial charge in [-0.25, -0.2) is 0 Å². The first-order valence-corrected chi connectivity index (χ1v) is 16.7. The van der Waals surface area contributed by atoms with Gasteiger partial charge in [-0.15, -0.1) is 0 Å². The van der Waals surface area contributed by atoms with E-state index in [0.717, 1.165) is 17.1 Å². The molecule has 2 nitrogen and oxygen atoms in total. The Morgan fingerprint density at radius 3 is 1.71 bits per heavy atom. The highest BCUT2D eigenvalue weighted by Gasteiger charge is 2.37. The monoisotopic (exact) mass is 614 g/mol. The molecular weight excluding hydrogens is 581 g/mol. The quantitative estimate of drug-likeness (QED) is 0.184. The molecule has 1 aliphatic heterocycles. The van der Waals surface area contributed by atoms with Crippen LogP contribution in [0.25, 0.3) is 33.0 Å². The van der Waals surface area contributed by atoms with Crippen LogP contribution in [0.4, 0.5) is 28.4 Å². The smallest absolute Gasteiger partial charge is 0.0629 e. The van der Waals surface area contributed by atoms with Crippen LogP contribution in [-0.4, -0.2) is 6.04 Å². The summed E-state index contributed by atoms with van der Waals surface area (Å²) >= 11 is 0. The van der Waals surface area contributed by atoms with Gasteiger partial charge in [-0.05, 0) is 99.3 Å². The van der Waals surface area contributed by atoms with Gasteiger partial charge in [-0.3, -0.25) is 0 Å². The maximum atomic E-state index is 2.49. The zero-order valence-electron chi connectivity index (χ0n) is 26.5. The van der Waals surface area contributed by atoms with Crippen LogP contribution in [0.2, 0.25) is 0 Å². The normalized spacial score (nSPS) is 16.1. The van der Waals surface area contributed by atoms with Crippen LogP contribution in [0.15, 0.2) is 194 Å². The number of nitrogens with zero attached hydrogens (tertiary/aromatic N) is 2. The molecule has 0 fully saturated rings. The van der Waals surface area contributed by atoms with E-state index in [2.05, 4.69) is 204 Å². The lowest BCUT2D eigenvalue weighted by Gasteiger charge is -2.28. The zero-order valence-corrected chi connectivity index (χ0v) is 26.5. The maximum absolute atomic E-state index is 2.49. The van der Waals surface area contributed by atoms with Crippen molar-refractivity contribution >= 4 is 39.2 Å². The SMILES string of the molecule is C1=CC2c3cc(N(c4ccc(-c5ccccc5)cc4)c4ccc(-c5ccc6ccccc6c5)cc4)ccc3N(c3ccccc3)C2C=C1. The number of allylic oxidation sites excluding steroid dienone is 2. The van der Waals surface area contributed by atoms with E-state index in [1.54, 1.807) is 0 Å². The van der Waals surface area contributed by atoms with Crippen LogP contribution in [-0.2, 0) is 0 Å². The summed E-state index contributed by atoms with van der Waals surface area (Å²) in [4.78, 5) is 4.88. The molecule has 7 aromatic rings. The third-order valence-electron chi connectivity index (χ3n) is 9.77. The van der Waals surface area contributed by atoms with Crippen LogP contribution in [0, 0.1) is 0 Å². The van der Waals surface area contributed by atoms with Gasteiger partial charge < -0.3 is 9.80 Å². The molecule has 2 heteroatoms. The molecule has 0 saturated carbocycles. The van der Waals surface area contributed by atoms with Gasteiger partial charge in [0.1, 0.15) is 0 Å². The molecule has 0 spiro atoms. The van der Waals surface area contributed by atoms with Crippen molar-refractivity contribution in [3.8, 4) is 22.3 Å². The molecule has 2 aliphatic rings. The van der Waals surface area contributed by atoms with Crippen LogP contribution in [0.5, 0.6) is 0 Å². The zero-order chi connectivity index (χ0) is 31.9. The number of hydrogen-bond donors (Lipinski definition) is 0. The summed E-state index contributed by atoms with van der Waals surface area (Å²) < 4.78 is 0. The van der Waals surface area contributed by atoms with Gasteiger partial charge in [-0.1, -0.05) is 133 Å². The van der Waals surface area contributed by atoms with Gasteiger partial charge >= 0.3 is 0 Å². The predicted molar refractivity (Wildman–Crippen MR) is 203 cm³/mol. The van der Waals surface area contributed by atoms with Crippen LogP contribution < -0.4 is 9.80 Å². The van der Waals surface area contributed by atoms with Crippen molar-refractivity contribution in [1.82, 2.24) is 0 Å². The van der Waals surface area contributed by atoms with Gasteiger partial charge in [0.2, 0.25) is 0 Å². The van der Waals surface area contributed by atoms with Crippen LogP contribution in [0.1, 0.15) is 11.5 Å². The van der Waals surface area contributed by atoms with Crippen molar-refractivity contribution in [2.75, 3.05) is 9.80 Å². The van der Waals surface area contributed by atoms with E-state index >= 15 is 0 Å². The Morgan fingerprint density at radius 2 is 0.979 bits per heavy atom. The summed E-state index contributed by atoms with van der Waals surface area (Å²) in [5.41, 5.74) is 12.1. The van der Waals surface area contributed by atoms with E-state index in [-0.39, 0.29) is 12.0 Å². The number of hydrogen-bond acceptors (Lipinski definition) is 2. The summed E-state index contributed by atoms with van der Waals surface area (Å²) in [5, 5.41) is 2.52. The summed E-state index contributed by atoms with van der Waals surface area (Å²) in [6.45, 7) is 0. The van der Waals surface area contributed by atoms with E-state index in [9.17, 15) is 0 Å². The van der Waals surface area contributed by atoms with E-state index in [1.165, 1.54) is 50.0 Å². The lowest BCUT2D eigenvalue weighted by molar-refractivity contribution is 0.745. The minimum Gasteiger partial charge on any atom is -0.333 e. The number of benzene rings is 7. The highest BCUT2D eigenvalue weighted by molar-refractivity contribution is 5.88. The van der Waals surface area contributed by atoms with Crippen molar-refractivity contribution in [3.63, 3.8) is 0 Å². The second kappa shape index (κ2) is 11.9. The lowest BCUT2D eigenvalue weighted by Crippen LogP contribution is -2.28. The summed E-state index contributed by atoms with van der Waals surface area (Å²) in [7, 11) is 0. The fraction of sp³-hybridized carbons (Fsp3) is 0.0435. The van der Waals surface area contributed by atoms with Crippen LogP contribution >= 0.6 is 0 Å². The molecule has 0 N–H and O–H groups in total. The van der Waals surface area contributed by atoms with Crippen molar-refractivity contribution < 1.29 is 0 Å². The highest BCUT2D eigenvalue weighted by Crippen LogP contribution is 2.50. The van der Waals surface area contributed by atoms with Gasteiger partial charge in [0, 0.05) is 34.4 Å². The topological polar surface area (TPSA) is 6.48 Å². The number of rotatable bonds is 6. The Bertz CT molecular complexity index is 2280. The van der Waals surface area contributed by atoms with Crippen molar-refractivity contribution in [2.45, 2.75) is 12.0 Å². The third-order valence-corrected chi connectivity index (χ3v) is 9.77. The Morgan fingerprint density at radius 1 is 0.417 bits per heavy atom. The minimum absolute atomic E-state index is 0.252. The van der Waals surface area contributed by atoms with Crippen molar-refractivity contribution in [3.05, 3.63) is 200 Å². The second-order valence-electron chi connectivity index (χ2n) is 12.6. The van der Waals surface area contributed by atoms with Crippen molar-refractivity contribution in [1.29, 1.82) is 0 Å². The molecule has 2 atom stereocenters. The summed E-state index contributed by atoms with van der Waals surface area (Å²) in [6, 6.07) is 61.8. The third kappa shape index (κ3) is 4.99. The van der Waals surface area contributed by atoms with Gasteiger partial charge in [0.25, 0.3) is 0 Å². The fourth-order valence-corrected chi connectivity index (χ4v) is 7.41.